The number of hydrogen-bond donors (Lipinski definition) is 1. The van der Waals surface area contributed by atoms with Crippen LogP contribution in [0.3, 0.4) is 0 Å². The largest absolute Gasteiger partial charge is 0.496 e. The first kappa shape index (κ1) is 21.1. The Morgan fingerprint density at radius 3 is 2.93 bits per heavy atom. The first-order chi connectivity index (χ1) is 14.7. The van der Waals surface area contributed by atoms with Gasteiger partial charge in [-0.1, -0.05) is 46.3 Å². The molecule has 1 saturated heterocycles. The van der Waals surface area contributed by atoms with Gasteiger partial charge in [-0.2, -0.15) is 0 Å². The number of hydrogen-bond acceptors (Lipinski definition) is 5. The Hall–Kier alpha value is -2.15. The van der Waals surface area contributed by atoms with Crippen molar-refractivity contribution in [1.29, 1.82) is 0 Å². The highest BCUT2D eigenvalue weighted by molar-refractivity contribution is 9.10. The molecule has 1 unspecified atom stereocenters. The van der Waals surface area contributed by atoms with E-state index in [0.717, 1.165) is 40.5 Å². The van der Waals surface area contributed by atoms with Gasteiger partial charge in [0, 0.05) is 24.1 Å². The van der Waals surface area contributed by atoms with E-state index in [2.05, 4.69) is 61.5 Å². The maximum Gasteiger partial charge on any atom is 0.229 e. The zero-order valence-electron chi connectivity index (χ0n) is 17.3. The Morgan fingerprint density at radius 1 is 1.23 bits per heavy atom. The lowest BCUT2D eigenvalue weighted by atomic mass is 10.1. The van der Waals surface area contributed by atoms with E-state index < -0.39 is 0 Å². The van der Waals surface area contributed by atoms with Crippen molar-refractivity contribution in [3.8, 4) is 17.2 Å². The second kappa shape index (κ2) is 10.2. The van der Waals surface area contributed by atoms with Gasteiger partial charge in [-0.05, 0) is 55.6 Å². The van der Waals surface area contributed by atoms with E-state index in [1.165, 1.54) is 31.5 Å². The zero-order chi connectivity index (χ0) is 20.8. The third-order valence-electron chi connectivity index (χ3n) is 5.60. The number of aromatic nitrogens is 1. The quantitative estimate of drug-likeness (QED) is 0.441. The van der Waals surface area contributed by atoms with Crippen molar-refractivity contribution in [3.05, 3.63) is 70.5 Å². The molecule has 0 aliphatic carbocycles. The van der Waals surface area contributed by atoms with Gasteiger partial charge < -0.3 is 14.5 Å². The number of rotatable bonds is 9. The lowest BCUT2D eigenvalue weighted by Crippen LogP contribution is -2.22. The fraction of sp³-hybridized carbons (Fsp3) is 0.375. The van der Waals surface area contributed by atoms with Crippen LogP contribution >= 0.6 is 15.9 Å². The molecule has 1 N–H and O–H groups in total. The minimum atomic E-state index is 0.581. The van der Waals surface area contributed by atoms with E-state index in [9.17, 15) is 0 Å². The molecule has 1 aliphatic heterocycles. The average Bonchev–Trinajstić information content (AvgIpc) is 3.41. The van der Waals surface area contributed by atoms with Gasteiger partial charge >= 0.3 is 0 Å². The Bertz CT molecular complexity index is 945. The zero-order valence-corrected chi connectivity index (χ0v) is 18.9. The van der Waals surface area contributed by atoms with Crippen molar-refractivity contribution >= 4 is 15.9 Å². The summed E-state index contributed by atoms with van der Waals surface area (Å²) in [5, 5.41) is 3.52. The number of methoxy groups -OCH3 is 1. The third-order valence-corrected chi connectivity index (χ3v) is 6.09. The van der Waals surface area contributed by atoms with E-state index >= 15 is 0 Å². The van der Waals surface area contributed by atoms with Gasteiger partial charge in [0.25, 0.3) is 0 Å². The summed E-state index contributed by atoms with van der Waals surface area (Å²) in [6.07, 6.45) is 4.20. The number of ether oxygens (including phenoxy) is 1. The van der Waals surface area contributed by atoms with Gasteiger partial charge in [-0.25, -0.2) is 4.98 Å². The van der Waals surface area contributed by atoms with Crippen LogP contribution in [0.2, 0.25) is 0 Å². The van der Waals surface area contributed by atoms with Crippen LogP contribution < -0.4 is 10.1 Å². The number of oxazole rings is 1. The standard InChI is InChI=1S/C24H28BrN3O2/c1-29-23-8-7-20(25)13-22(23)24-27-21(17-30-24)14-26-11-9-19-10-12-28(16-19)15-18-5-3-2-4-6-18/h2-8,13,17,19,26H,9-12,14-16H2,1H3. The molecule has 30 heavy (non-hydrogen) atoms. The van der Waals surface area contributed by atoms with Gasteiger partial charge in [0.2, 0.25) is 5.89 Å². The second-order valence-electron chi connectivity index (χ2n) is 7.83. The minimum Gasteiger partial charge on any atom is -0.496 e. The summed E-state index contributed by atoms with van der Waals surface area (Å²) < 4.78 is 12.1. The minimum absolute atomic E-state index is 0.581. The lowest BCUT2D eigenvalue weighted by Gasteiger charge is -2.16. The molecular weight excluding hydrogens is 442 g/mol. The van der Waals surface area contributed by atoms with Gasteiger partial charge in [0.15, 0.2) is 0 Å². The number of likely N-dealkylation sites (tertiary alicyclic amines) is 1. The molecule has 2 aromatic carbocycles. The first-order valence-electron chi connectivity index (χ1n) is 10.5. The van der Waals surface area contributed by atoms with E-state index in [-0.39, 0.29) is 0 Å². The molecule has 1 aliphatic rings. The normalized spacial score (nSPS) is 16.8. The summed E-state index contributed by atoms with van der Waals surface area (Å²) in [4.78, 5) is 7.18. The fourth-order valence-corrected chi connectivity index (χ4v) is 4.38. The topological polar surface area (TPSA) is 50.5 Å². The van der Waals surface area contributed by atoms with Gasteiger partial charge in [0.05, 0.1) is 18.4 Å². The molecule has 0 spiro atoms. The molecule has 4 rings (SSSR count). The molecule has 0 saturated carbocycles. The highest BCUT2D eigenvalue weighted by Crippen LogP contribution is 2.32. The van der Waals surface area contributed by atoms with Crippen LogP contribution in [0.4, 0.5) is 0 Å². The number of nitrogens with one attached hydrogen (secondary N) is 1. The third kappa shape index (κ3) is 5.50. The lowest BCUT2D eigenvalue weighted by molar-refractivity contribution is 0.312. The molecule has 6 heteroatoms. The summed E-state index contributed by atoms with van der Waals surface area (Å²) in [7, 11) is 1.65. The molecule has 0 bridgehead atoms. The Balaban J connectivity index is 1.21. The van der Waals surface area contributed by atoms with Crippen LogP contribution in [0.25, 0.3) is 11.5 Å². The van der Waals surface area contributed by atoms with E-state index in [4.69, 9.17) is 9.15 Å². The van der Waals surface area contributed by atoms with E-state index in [0.29, 0.717) is 12.4 Å². The summed E-state index contributed by atoms with van der Waals surface area (Å²) in [6, 6.07) is 16.6. The molecule has 2 heterocycles. The Kier molecular flexibility index (Phi) is 7.20. The molecular formula is C24H28BrN3O2. The van der Waals surface area contributed by atoms with Crippen LogP contribution in [0.1, 0.15) is 24.1 Å². The molecule has 1 fully saturated rings. The molecule has 0 amide bonds. The van der Waals surface area contributed by atoms with Gasteiger partial charge in [-0.15, -0.1) is 0 Å². The number of halogens is 1. The molecule has 0 radical (unpaired) electrons. The molecule has 158 valence electrons. The van der Waals surface area contributed by atoms with Crippen LogP contribution in [0.15, 0.2) is 63.7 Å². The molecule has 5 nitrogen and oxygen atoms in total. The number of benzene rings is 2. The monoisotopic (exact) mass is 469 g/mol. The highest BCUT2D eigenvalue weighted by Gasteiger charge is 2.22. The van der Waals surface area contributed by atoms with E-state index in [1.54, 1.807) is 13.4 Å². The van der Waals surface area contributed by atoms with Crippen LogP contribution in [-0.4, -0.2) is 36.6 Å². The van der Waals surface area contributed by atoms with Crippen molar-refractivity contribution in [3.63, 3.8) is 0 Å². The van der Waals surface area contributed by atoms with Gasteiger partial charge in [-0.3, -0.25) is 4.90 Å². The molecule has 3 aromatic rings. The highest BCUT2D eigenvalue weighted by atomic mass is 79.9. The van der Waals surface area contributed by atoms with Crippen LogP contribution in [0, 0.1) is 5.92 Å². The first-order valence-corrected chi connectivity index (χ1v) is 11.3. The Morgan fingerprint density at radius 2 is 2.10 bits per heavy atom. The predicted molar refractivity (Wildman–Crippen MR) is 122 cm³/mol. The summed E-state index contributed by atoms with van der Waals surface area (Å²) in [5.41, 5.74) is 3.16. The fourth-order valence-electron chi connectivity index (χ4n) is 4.02. The average molecular weight is 470 g/mol. The maximum atomic E-state index is 5.69. The molecule has 1 aromatic heterocycles. The maximum absolute atomic E-state index is 5.69. The van der Waals surface area contributed by atoms with E-state index in [1.807, 2.05) is 18.2 Å². The summed E-state index contributed by atoms with van der Waals surface area (Å²) >= 11 is 3.49. The summed E-state index contributed by atoms with van der Waals surface area (Å²) in [5.74, 6) is 2.10. The molecule has 1 atom stereocenters. The second-order valence-corrected chi connectivity index (χ2v) is 8.75. The summed E-state index contributed by atoms with van der Waals surface area (Å²) in [6.45, 7) is 5.14. The predicted octanol–water partition coefficient (Wildman–Crippen LogP) is 5.11. The van der Waals surface area contributed by atoms with Crippen molar-refractivity contribution in [2.45, 2.75) is 25.9 Å². The van der Waals surface area contributed by atoms with Crippen LogP contribution in [-0.2, 0) is 13.1 Å². The van der Waals surface area contributed by atoms with Crippen molar-refractivity contribution in [2.24, 2.45) is 5.92 Å². The van der Waals surface area contributed by atoms with Gasteiger partial charge in [0.1, 0.15) is 12.0 Å². The Labute approximate surface area is 186 Å². The SMILES string of the molecule is COc1ccc(Br)cc1-c1nc(CNCCC2CCN(Cc3ccccc3)C2)co1. The number of nitrogens with zero attached hydrogens (tertiary/aromatic N) is 2. The van der Waals surface area contributed by atoms with Crippen molar-refractivity contribution in [1.82, 2.24) is 15.2 Å². The smallest absolute Gasteiger partial charge is 0.229 e. The van der Waals surface area contributed by atoms with Crippen molar-refractivity contribution < 1.29 is 9.15 Å². The van der Waals surface area contributed by atoms with Crippen LogP contribution in [0.5, 0.6) is 5.75 Å². The van der Waals surface area contributed by atoms with Crippen molar-refractivity contribution in [2.75, 3.05) is 26.7 Å².